The summed E-state index contributed by atoms with van der Waals surface area (Å²) in [4.78, 5) is 46.0. The van der Waals surface area contributed by atoms with Crippen molar-refractivity contribution in [3.63, 3.8) is 0 Å². The van der Waals surface area contributed by atoms with E-state index in [1.807, 2.05) is 0 Å². The maximum absolute atomic E-state index is 12.0. The molecular weight excluding hydrogens is 384 g/mol. The Kier molecular flexibility index (Phi) is 6.81. The summed E-state index contributed by atoms with van der Waals surface area (Å²) in [6, 6.07) is 0. The lowest BCUT2D eigenvalue weighted by molar-refractivity contribution is -0.135. The zero-order valence-electron chi connectivity index (χ0n) is 14.2. The van der Waals surface area contributed by atoms with Gasteiger partial charge in [-0.05, 0) is 20.9 Å². The number of hydrogen-bond donors (Lipinski definition) is 0. The predicted molar refractivity (Wildman–Crippen MR) is 90.8 cm³/mol. The smallest absolute Gasteiger partial charge is 0.368 e. The number of carbonyl (C=O) groups is 2. The second-order valence-electron chi connectivity index (χ2n) is 4.55. The van der Waals surface area contributed by atoms with E-state index in [4.69, 9.17) is 0 Å². The van der Waals surface area contributed by atoms with Crippen LogP contribution >= 0.6 is 11.8 Å². The van der Waals surface area contributed by atoms with Crippen molar-refractivity contribution in [3.8, 4) is 0 Å². The van der Waals surface area contributed by atoms with Crippen LogP contribution in [-0.4, -0.2) is 65.7 Å². The van der Waals surface area contributed by atoms with Crippen molar-refractivity contribution in [2.45, 2.75) is 11.8 Å². The molecule has 27 heavy (non-hydrogen) atoms. The number of nitrogens with zero attached hydrogens (tertiary/aromatic N) is 8. The number of methoxy groups -OCH3 is 2. The number of carbonyl (C=O) groups excluding carboxylic acids is 2. The summed E-state index contributed by atoms with van der Waals surface area (Å²) < 4.78 is 12.6. The van der Waals surface area contributed by atoms with Crippen LogP contribution in [0.2, 0.25) is 0 Å². The van der Waals surface area contributed by atoms with E-state index in [0.717, 1.165) is 55.0 Å². The molecule has 0 unspecified atom stereocenters. The van der Waals surface area contributed by atoms with Gasteiger partial charge in [0.1, 0.15) is 0 Å². The van der Waals surface area contributed by atoms with Gasteiger partial charge in [0.2, 0.25) is 0 Å². The fraction of sp³-hybridized carbons (Fsp3) is 0.333. The Labute approximate surface area is 154 Å². The molecule has 0 radical (unpaired) electrons. The first-order valence-corrected chi connectivity index (χ1v) is 8.26. The quantitative estimate of drug-likeness (QED) is 0.352. The Morgan fingerprint density at radius 1 is 0.852 bits per heavy atom. The number of aromatic nitrogens is 8. The van der Waals surface area contributed by atoms with Gasteiger partial charge in [0.05, 0.1) is 26.0 Å². The molecule has 0 bridgehead atoms. The van der Waals surface area contributed by atoms with E-state index in [0.29, 0.717) is 0 Å². The molecule has 0 saturated heterocycles. The molecule has 144 valence electrons. The molecule has 0 N–H and O–H groups in total. The molecule has 2 rings (SSSR count). The number of rotatable bonds is 8. The van der Waals surface area contributed by atoms with E-state index >= 15 is 0 Å². The van der Waals surface area contributed by atoms with E-state index in [2.05, 4.69) is 30.3 Å². The highest BCUT2D eigenvalue weighted by Gasteiger charge is 2.08. The molecular formula is C12H14N8O6S. The first kappa shape index (κ1) is 19.8. The minimum absolute atomic E-state index is 0.0716. The number of ether oxygens (including phenoxy) is 2. The molecule has 0 atom stereocenters. The average Bonchev–Trinajstić information content (AvgIpc) is 3.20. The van der Waals surface area contributed by atoms with Gasteiger partial charge in [-0.3, -0.25) is 0 Å². The summed E-state index contributed by atoms with van der Waals surface area (Å²) in [5.74, 6) is -1.14. The zero-order valence-corrected chi connectivity index (χ0v) is 15.0. The van der Waals surface area contributed by atoms with E-state index in [-0.39, 0.29) is 11.8 Å². The maximum atomic E-state index is 12.0. The van der Waals surface area contributed by atoms with Crippen molar-refractivity contribution in [1.82, 2.24) is 39.6 Å². The predicted octanol–water partition coefficient (Wildman–Crippen LogP) is -2.17. The Hall–Kier alpha value is -3.49. The van der Waals surface area contributed by atoms with Gasteiger partial charge in [-0.15, -0.1) is 11.8 Å². The molecule has 0 aliphatic heterocycles. The summed E-state index contributed by atoms with van der Waals surface area (Å²) in [5.41, 5.74) is -1.17. The molecule has 14 nitrogen and oxygen atoms in total. The van der Waals surface area contributed by atoms with Crippen molar-refractivity contribution >= 4 is 36.1 Å². The van der Waals surface area contributed by atoms with Gasteiger partial charge in [-0.2, -0.15) is 18.7 Å². The van der Waals surface area contributed by atoms with Gasteiger partial charge in [-0.1, -0.05) is 0 Å². The molecule has 0 spiro atoms. The van der Waals surface area contributed by atoms with Crippen LogP contribution in [0.25, 0.3) is 12.4 Å². The Balaban J connectivity index is 1.96. The third kappa shape index (κ3) is 5.24. The summed E-state index contributed by atoms with van der Waals surface area (Å²) >= 11 is 1.14. The van der Waals surface area contributed by atoms with E-state index in [1.165, 1.54) is 14.2 Å². The summed E-state index contributed by atoms with van der Waals surface area (Å²) in [5, 5.41) is 14.4. The number of thioether (sulfide) groups is 1. The molecule has 0 saturated carbocycles. The lowest BCUT2D eigenvalue weighted by atomic mass is 10.6. The van der Waals surface area contributed by atoms with Crippen LogP contribution in [0.5, 0.6) is 0 Å². The molecule has 0 aromatic carbocycles. The van der Waals surface area contributed by atoms with Gasteiger partial charge in [-0.25, -0.2) is 19.2 Å². The van der Waals surface area contributed by atoms with E-state index < -0.39 is 23.3 Å². The second kappa shape index (κ2) is 9.27. The van der Waals surface area contributed by atoms with Gasteiger partial charge in [0.25, 0.3) is 0 Å². The molecule has 0 aliphatic carbocycles. The van der Waals surface area contributed by atoms with Crippen LogP contribution in [0, 0.1) is 0 Å². The van der Waals surface area contributed by atoms with Crippen molar-refractivity contribution in [3.05, 3.63) is 33.1 Å². The minimum atomic E-state index is -0.644. The third-order valence-corrected chi connectivity index (χ3v) is 3.71. The molecule has 0 amide bonds. The summed E-state index contributed by atoms with van der Waals surface area (Å²) in [7, 11) is 2.40. The topological polar surface area (TPSA) is 158 Å². The Morgan fingerprint density at radius 3 is 1.63 bits per heavy atom. The highest BCUT2D eigenvalue weighted by Crippen LogP contribution is 2.03. The van der Waals surface area contributed by atoms with Gasteiger partial charge in [0, 0.05) is 24.6 Å². The first-order valence-electron chi connectivity index (χ1n) is 7.11. The third-order valence-electron chi connectivity index (χ3n) is 2.86. The van der Waals surface area contributed by atoms with Crippen LogP contribution in [0.4, 0.5) is 0 Å². The van der Waals surface area contributed by atoms with Gasteiger partial charge in [0.15, 0.2) is 0 Å². The van der Waals surface area contributed by atoms with Gasteiger partial charge < -0.3 is 9.47 Å². The average molecular weight is 398 g/mol. The fourth-order valence-electron chi connectivity index (χ4n) is 1.53. The largest absolute Gasteiger partial charge is 0.466 e. The molecule has 2 aromatic heterocycles. The highest BCUT2D eigenvalue weighted by molar-refractivity contribution is 7.97. The molecule has 0 fully saturated rings. The fourth-order valence-corrected chi connectivity index (χ4v) is 2.29. The Bertz CT molecular complexity index is 904. The van der Waals surface area contributed by atoms with Gasteiger partial charge >= 0.3 is 23.3 Å². The summed E-state index contributed by atoms with van der Waals surface area (Å²) in [6.45, 7) is 0. The van der Waals surface area contributed by atoms with E-state index in [1.54, 1.807) is 0 Å². The second-order valence-corrected chi connectivity index (χ2v) is 5.48. The lowest BCUT2D eigenvalue weighted by Gasteiger charge is -1.98. The SMILES string of the molecule is COC(=O)/C=C/n1nnn(CSCn2nnn(/C=C/C(=O)OC)c2=O)c1=O. The zero-order chi connectivity index (χ0) is 19.8. The monoisotopic (exact) mass is 398 g/mol. The molecule has 0 aliphatic rings. The minimum Gasteiger partial charge on any atom is -0.466 e. The molecule has 2 heterocycles. The van der Waals surface area contributed by atoms with Crippen LogP contribution in [0.3, 0.4) is 0 Å². The number of tetrazole rings is 2. The lowest BCUT2D eigenvalue weighted by Crippen LogP contribution is -2.24. The number of esters is 2. The Morgan fingerprint density at radius 2 is 1.26 bits per heavy atom. The van der Waals surface area contributed by atoms with E-state index in [9.17, 15) is 19.2 Å². The van der Waals surface area contributed by atoms with Crippen LogP contribution < -0.4 is 11.4 Å². The first-order chi connectivity index (χ1) is 13.0. The standard InChI is InChI=1S/C12H14N8O6S/c1-25-9(21)3-5-17-11(23)19(15-13-17)7-27-8-20-12(24)18(14-16-20)6-4-10(22)26-2/h3-6H,7-8H2,1-2H3/b5-3+,6-4+. The van der Waals surface area contributed by atoms with Crippen molar-refractivity contribution < 1.29 is 19.1 Å². The van der Waals surface area contributed by atoms with Crippen LogP contribution in [0.1, 0.15) is 0 Å². The van der Waals surface area contributed by atoms with Crippen molar-refractivity contribution in [2.75, 3.05) is 14.2 Å². The normalized spacial score (nSPS) is 11.3. The van der Waals surface area contributed by atoms with Crippen molar-refractivity contribution in [2.24, 2.45) is 0 Å². The van der Waals surface area contributed by atoms with Crippen molar-refractivity contribution in [1.29, 1.82) is 0 Å². The maximum Gasteiger partial charge on any atom is 0.368 e. The number of hydrogen-bond acceptors (Lipinski definition) is 11. The van der Waals surface area contributed by atoms with Crippen LogP contribution in [0.15, 0.2) is 21.7 Å². The highest BCUT2D eigenvalue weighted by atomic mass is 32.2. The summed E-state index contributed by atoms with van der Waals surface area (Å²) in [6.07, 6.45) is 4.28. The molecule has 15 heteroatoms. The molecule has 2 aromatic rings. The van der Waals surface area contributed by atoms with Crippen LogP contribution in [-0.2, 0) is 30.8 Å².